The number of halogens is 3. The van der Waals surface area contributed by atoms with Crippen LogP contribution in [-0.4, -0.2) is 5.38 Å². The average Bonchev–Trinajstić information content (AvgIpc) is 3.41. The van der Waals surface area contributed by atoms with E-state index in [1.54, 1.807) is 0 Å². The predicted octanol–water partition coefficient (Wildman–Crippen LogP) is 8.64. The minimum atomic E-state index is -0.0159. The number of nitrogens with one attached hydrogen (secondary N) is 2. The molecule has 0 aromatic heterocycles. The molecule has 1 fully saturated rings. The van der Waals surface area contributed by atoms with E-state index < -0.39 is 0 Å². The molecule has 3 atom stereocenters. The fourth-order valence-electron chi connectivity index (χ4n) is 4.01. The maximum absolute atomic E-state index is 6.64. The van der Waals surface area contributed by atoms with E-state index in [4.69, 9.17) is 34.8 Å². The lowest BCUT2D eigenvalue weighted by atomic mass is 10.1. The number of hydrogen-bond donors (Lipinski definition) is 2. The second-order valence-electron chi connectivity index (χ2n) is 8.37. The van der Waals surface area contributed by atoms with Gasteiger partial charge in [-0.15, -0.1) is 11.6 Å². The normalized spacial score (nSPS) is 19.3. The molecule has 3 unspecified atom stereocenters. The third kappa shape index (κ3) is 4.99. The molecule has 164 valence electrons. The molecule has 5 heteroatoms. The number of anilines is 2. The van der Waals surface area contributed by atoms with Crippen LogP contribution in [-0.2, 0) is 0 Å². The Morgan fingerprint density at radius 3 is 2.19 bits per heavy atom. The third-order valence-corrected chi connectivity index (χ3v) is 6.82. The summed E-state index contributed by atoms with van der Waals surface area (Å²) in [5.74, 6) is 0.321. The molecule has 4 rings (SSSR count). The molecule has 0 aliphatic heterocycles. The molecule has 0 saturated heterocycles. The molecule has 1 saturated carbocycles. The van der Waals surface area contributed by atoms with Crippen molar-refractivity contribution < 1.29 is 0 Å². The van der Waals surface area contributed by atoms with Crippen molar-refractivity contribution >= 4 is 51.9 Å². The van der Waals surface area contributed by atoms with Gasteiger partial charge in [0.15, 0.2) is 0 Å². The lowest BCUT2D eigenvalue weighted by Gasteiger charge is -2.15. The van der Waals surface area contributed by atoms with E-state index in [1.165, 1.54) is 5.56 Å². The first-order valence-electron chi connectivity index (χ1n) is 10.4. The summed E-state index contributed by atoms with van der Waals surface area (Å²) in [6.45, 7) is 12.5. The van der Waals surface area contributed by atoms with E-state index in [0.29, 0.717) is 5.02 Å². The maximum Gasteiger partial charge on any atom is 0.0500 e. The predicted molar refractivity (Wildman–Crippen MR) is 140 cm³/mol. The van der Waals surface area contributed by atoms with Crippen LogP contribution in [0.5, 0.6) is 0 Å². The maximum atomic E-state index is 6.64. The fraction of sp³-hybridized carbons (Fsp3) is 0.185. The van der Waals surface area contributed by atoms with E-state index in [0.717, 1.165) is 44.5 Å². The molecule has 0 radical (unpaired) electrons. The van der Waals surface area contributed by atoms with Crippen LogP contribution in [0.1, 0.15) is 28.2 Å². The molecule has 1 aliphatic carbocycles. The van der Waals surface area contributed by atoms with Gasteiger partial charge in [0.05, 0.1) is 10.4 Å². The molecule has 0 bridgehead atoms. The van der Waals surface area contributed by atoms with Crippen molar-refractivity contribution in [3.63, 3.8) is 0 Å². The van der Waals surface area contributed by atoms with Gasteiger partial charge in [0.25, 0.3) is 0 Å². The monoisotopic (exact) mass is 482 g/mol. The lowest BCUT2D eigenvalue weighted by molar-refractivity contribution is 0.948. The Balaban J connectivity index is 1.47. The van der Waals surface area contributed by atoms with Crippen LogP contribution in [0.15, 0.2) is 79.5 Å². The van der Waals surface area contributed by atoms with Gasteiger partial charge in [0.1, 0.15) is 0 Å². The van der Waals surface area contributed by atoms with Gasteiger partial charge in [-0.25, -0.2) is 0 Å². The van der Waals surface area contributed by atoms with E-state index in [1.807, 2.05) is 49.4 Å². The van der Waals surface area contributed by atoms with Crippen molar-refractivity contribution in [1.29, 1.82) is 0 Å². The molecule has 1 aliphatic rings. The highest BCUT2D eigenvalue weighted by molar-refractivity contribution is 6.32. The lowest BCUT2D eigenvalue weighted by Crippen LogP contribution is -2.04. The number of rotatable bonds is 7. The van der Waals surface area contributed by atoms with Crippen LogP contribution >= 0.6 is 34.8 Å². The van der Waals surface area contributed by atoms with Gasteiger partial charge in [-0.1, -0.05) is 60.1 Å². The average molecular weight is 484 g/mol. The van der Waals surface area contributed by atoms with Gasteiger partial charge in [-0.05, 0) is 67.4 Å². The zero-order valence-corrected chi connectivity index (χ0v) is 20.3. The van der Waals surface area contributed by atoms with Crippen molar-refractivity contribution in [2.45, 2.75) is 25.1 Å². The Kier molecular flexibility index (Phi) is 6.57. The number of hydrogen-bond acceptors (Lipinski definition) is 2. The van der Waals surface area contributed by atoms with E-state index in [9.17, 15) is 0 Å². The summed E-state index contributed by atoms with van der Waals surface area (Å²) in [6.07, 6.45) is 0. The Morgan fingerprint density at radius 1 is 0.812 bits per heavy atom. The van der Waals surface area contributed by atoms with Gasteiger partial charge in [0.2, 0.25) is 0 Å². The van der Waals surface area contributed by atoms with Gasteiger partial charge in [-0.2, -0.15) is 0 Å². The fourth-order valence-corrected chi connectivity index (χ4v) is 5.07. The quantitative estimate of drug-likeness (QED) is 0.329. The van der Waals surface area contributed by atoms with E-state index in [-0.39, 0.29) is 17.2 Å². The molecule has 2 N–H and O–H groups in total. The van der Waals surface area contributed by atoms with Gasteiger partial charge in [-0.3, -0.25) is 0 Å². The summed E-state index contributed by atoms with van der Waals surface area (Å²) in [5, 5.41) is 8.08. The van der Waals surface area contributed by atoms with Crippen molar-refractivity contribution in [3.05, 3.63) is 112 Å². The van der Waals surface area contributed by atoms with Crippen LogP contribution in [0, 0.1) is 19.8 Å². The number of benzene rings is 3. The molecular weight excluding hydrogens is 459 g/mol. The standard InChI is InChI=1S/C27H25Cl3N2/c1-15-5-7-21(8-6-15)31-17(3)23-14-22(9-10-24(23)29)32-18(4)25-26(27(25)30)19-11-16(2)12-20(28)13-19/h5-14,25-27,31-32H,3-4H2,1-2H3. The molecule has 0 amide bonds. The van der Waals surface area contributed by atoms with Crippen molar-refractivity contribution in [3.8, 4) is 0 Å². The summed E-state index contributed by atoms with van der Waals surface area (Å²) in [7, 11) is 0. The third-order valence-electron chi connectivity index (χ3n) is 5.73. The topological polar surface area (TPSA) is 24.1 Å². The summed E-state index contributed by atoms with van der Waals surface area (Å²) >= 11 is 19.3. The first-order chi connectivity index (χ1) is 15.2. The summed E-state index contributed by atoms with van der Waals surface area (Å²) in [5.41, 5.74) is 7.75. The minimum Gasteiger partial charge on any atom is -0.359 e. The first kappa shape index (κ1) is 22.8. The Bertz CT molecular complexity index is 1160. The Morgan fingerprint density at radius 2 is 1.50 bits per heavy atom. The summed E-state index contributed by atoms with van der Waals surface area (Å²) < 4.78 is 0. The van der Waals surface area contributed by atoms with Crippen LogP contribution in [0.3, 0.4) is 0 Å². The Labute approximate surface area is 204 Å². The highest BCUT2D eigenvalue weighted by Crippen LogP contribution is 2.55. The van der Waals surface area contributed by atoms with Crippen LogP contribution in [0.2, 0.25) is 10.0 Å². The smallest absolute Gasteiger partial charge is 0.0500 e. The zero-order valence-electron chi connectivity index (χ0n) is 18.1. The highest BCUT2D eigenvalue weighted by Gasteiger charge is 2.51. The van der Waals surface area contributed by atoms with Gasteiger partial charge < -0.3 is 10.6 Å². The molecular formula is C27H25Cl3N2. The van der Waals surface area contributed by atoms with Crippen LogP contribution < -0.4 is 10.6 Å². The number of alkyl halides is 1. The second kappa shape index (κ2) is 9.23. The Hall–Kier alpha value is -2.39. The molecule has 0 spiro atoms. The molecule has 0 heterocycles. The molecule has 3 aromatic carbocycles. The molecule has 32 heavy (non-hydrogen) atoms. The SMILES string of the molecule is C=C(Nc1ccc(C)cc1)c1cc(NC(=C)C2C(Cl)C2c2cc(C)cc(Cl)c2)ccc1Cl. The van der Waals surface area contributed by atoms with Crippen LogP contribution in [0.25, 0.3) is 5.70 Å². The summed E-state index contributed by atoms with van der Waals surface area (Å²) in [6, 6.07) is 20.0. The second-order valence-corrected chi connectivity index (χ2v) is 9.72. The molecule has 2 nitrogen and oxygen atoms in total. The zero-order chi connectivity index (χ0) is 23.0. The first-order valence-corrected chi connectivity index (χ1v) is 11.6. The van der Waals surface area contributed by atoms with Crippen molar-refractivity contribution in [1.82, 2.24) is 0 Å². The van der Waals surface area contributed by atoms with Gasteiger partial charge >= 0.3 is 0 Å². The highest BCUT2D eigenvalue weighted by atomic mass is 35.5. The van der Waals surface area contributed by atoms with Crippen molar-refractivity contribution in [2.24, 2.45) is 5.92 Å². The number of aryl methyl sites for hydroxylation is 2. The minimum absolute atomic E-state index is 0.0159. The largest absolute Gasteiger partial charge is 0.359 e. The number of allylic oxidation sites excluding steroid dienone is 1. The van der Waals surface area contributed by atoms with Crippen LogP contribution in [0.4, 0.5) is 11.4 Å². The summed E-state index contributed by atoms with van der Waals surface area (Å²) in [4.78, 5) is 0. The van der Waals surface area contributed by atoms with Gasteiger partial charge in [0, 0.05) is 45.2 Å². The van der Waals surface area contributed by atoms with E-state index in [2.05, 4.69) is 48.9 Å². The molecule has 3 aromatic rings. The van der Waals surface area contributed by atoms with E-state index >= 15 is 0 Å². The van der Waals surface area contributed by atoms with Crippen molar-refractivity contribution in [2.75, 3.05) is 10.6 Å².